The van der Waals surface area contributed by atoms with Crippen LogP contribution in [0.15, 0.2) is 0 Å². The Morgan fingerprint density at radius 2 is 1.56 bits per heavy atom. The van der Waals surface area contributed by atoms with Crippen molar-refractivity contribution >= 4 is 15.9 Å². The molecule has 0 aromatic carbocycles. The molecule has 0 heterocycles. The van der Waals surface area contributed by atoms with Crippen LogP contribution in [0.4, 0.5) is 17.6 Å². The Balaban J connectivity index is 2.80. The smallest absolute Gasteiger partial charge is 0.378 e. The molecule has 0 aliphatic heterocycles. The summed E-state index contributed by atoms with van der Waals surface area (Å²) in [4.78, 5) is -4.38. The van der Waals surface area contributed by atoms with Crippen LogP contribution in [-0.4, -0.2) is 21.5 Å². The highest BCUT2D eigenvalue weighted by Crippen LogP contribution is 2.39. The van der Waals surface area contributed by atoms with Crippen molar-refractivity contribution in [2.45, 2.75) is 48.5 Å². The maximum absolute atomic E-state index is 12.8. The molecule has 1 fully saturated rings. The van der Waals surface area contributed by atoms with Crippen LogP contribution in [0.3, 0.4) is 0 Å². The molecule has 1 rings (SSSR count). The molecule has 0 spiro atoms. The quantitative estimate of drug-likeness (QED) is 0.448. The molecule has 1 nitrogen and oxygen atoms in total. The normalized spacial score (nSPS) is 21.1. The second-order valence-corrected chi connectivity index (χ2v) is 4.91. The lowest BCUT2D eigenvalue weighted by Gasteiger charge is -2.27. The summed E-state index contributed by atoms with van der Waals surface area (Å²) >= 11 is 1.58. The molecular formula is C10H11BrF4O. The van der Waals surface area contributed by atoms with E-state index in [2.05, 4.69) is 0 Å². The van der Waals surface area contributed by atoms with Gasteiger partial charge in [-0.05, 0) is 47.5 Å². The Kier molecular flexibility index (Phi) is 3.91. The molecule has 0 unspecified atom stereocenters. The van der Waals surface area contributed by atoms with Gasteiger partial charge in [0, 0.05) is 0 Å². The van der Waals surface area contributed by atoms with E-state index >= 15 is 0 Å². The highest BCUT2D eigenvalue weighted by molar-refractivity contribution is 9.10. The first kappa shape index (κ1) is 13.8. The third-order valence-electron chi connectivity index (χ3n) is 2.49. The van der Waals surface area contributed by atoms with Crippen LogP contribution in [0.5, 0.6) is 0 Å². The minimum Gasteiger partial charge on any atom is -0.378 e. The molecule has 1 aliphatic carbocycles. The Hall–Kier alpha value is -0.280. The Morgan fingerprint density at radius 3 is 2.00 bits per heavy atom. The minimum absolute atomic E-state index is 0.254. The van der Waals surface area contributed by atoms with Crippen molar-refractivity contribution in [1.29, 1.82) is 0 Å². The Morgan fingerprint density at radius 1 is 1.06 bits per heavy atom. The van der Waals surface area contributed by atoms with Crippen LogP contribution in [0.1, 0.15) is 32.1 Å². The van der Waals surface area contributed by atoms with Crippen molar-refractivity contribution in [1.82, 2.24) is 0 Å². The lowest BCUT2D eigenvalue weighted by Crippen LogP contribution is -2.35. The maximum atomic E-state index is 12.8. The maximum Gasteiger partial charge on any atom is 0.380 e. The minimum atomic E-state index is -4.47. The summed E-state index contributed by atoms with van der Waals surface area (Å²) in [6.45, 7) is 0. The predicted molar refractivity (Wildman–Crippen MR) is 54.6 cm³/mol. The van der Waals surface area contributed by atoms with E-state index in [-0.39, 0.29) is 12.8 Å². The van der Waals surface area contributed by atoms with Gasteiger partial charge in [-0.1, -0.05) is 12.3 Å². The number of hydrogen-bond donors (Lipinski definition) is 1. The molecule has 0 radical (unpaired) electrons. The van der Waals surface area contributed by atoms with Gasteiger partial charge in [0.25, 0.3) is 0 Å². The summed E-state index contributed by atoms with van der Waals surface area (Å²) in [5, 5.41) is 9.73. The molecule has 0 saturated heterocycles. The van der Waals surface area contributed by atoms with Crippen molar-refractivity contribution in [2.24, 2.45) is 0 Å². The van der Waals surface area contributed by atoms with E-state index in [1.165, 1.54) is 5.92 Å². The van der Waals surface area contributed by atoms with Gasteiger partial charge in [0.05, 0.1) is 0 Å². The molecule has 1 saturated carbocycles. The zero-order valence-corrected chi connectivity index (χ0v) is 9.96. The number of halogens is 5. The van der Waals surface area contributed by atoms with Crippen molar-refractivity contribution in [2.75, 3.05) is 0 Å². The molecule has 0 atom stereocenters. The van der Waals surface area contributed by atoms with Crippen LogP contribution in [0.2, 0.25) is 0 Å². The van der Waals surface area contributed by atoms with Crippen LogP contribution < -0.4 is 0 Å². The van der Waals surface area contributed by atoms with Gasteiger partial charge in [-0.15, -0.1) is 0 Å². The van der Waals surface area contributed by atoms with Crippen molar-refractivity contribution in [3.05, 3.63) is 0 Å². The van der Waals surface area contributed by atoms with E-state index in [1.807, 2.05) is 5.92 Å². The van der Waals surface area contributed by atoms with Gasteiger partial charge in [-0.25, -0.2) is 0 Å². The molecular weight excluding hydrogens is 292 g/mol. The number of rotatable bonds is 1. The lowest BCUT2D eigenvalue weighted by atomic mass is 9.85. The molecule has 1 aliphatic rings. The average molecular weight is 303 g/mol. The fourth-order valence-corrected chi connectivity index (χ4v) is 1.63. The van der Waals surface area contributed by atoms with Crippen LogP contribution in [-0.2, 0) is 0 Å². The first-order valence-corrected chi connectivity index (χ1v) is 5.67. The molecule has 0 amide bonds. The SMILES string of the molecule is OC1(C#CC(F)(F)C(F)(F)Br)CCCCC1. The molecule has 6 heteroatoms. The number of aliphatic hydroxyl groups is 1. The fourth-order valence-electron chi connectivity index (χ4n) is 1.53. The van der Waals surface area contributed by atoms with Crippen LogP contribution in [0, 0.1) is 11.8 Å². The van der Waals surface area contributed by atoms with Gasteiger partial charge >= 0.3 is 10.8 Å². The zero-order valence-electron chi connectivity index (χ0n) is 8.37. The van der Waals surface area contributed by atoms with E-state index in [9.17, 15) is 22.7 Å². The van der Waals surface area contributed by atoms with Crippen molar-refractivity contribution in [3.8, 4) is 11.8 Å². The summed E-state index contributed by atoms with van der Waals surface area (Å²) in [6, 6.07) is 0. The van der Waals surface area contributed by atoms with E-state index in [4.69, 9.17) is 0 Å². The fraction of sp³-hybridized carbons (Fsp3) is 0.800. The third kappa shape index (κ3) is 3.36. The van der Waals surface area contributed by atoms with Gasteiger partial charge in [-0.3, -0.25) is 0 Å². The largest absolute Gasteiger partial charge is 0.380 e. The Bertz CT molecular complexity index is 307. The summed E-state index contributed by atoms with van der Waals surface area (Å²) in [6.07, 6.45) is 2.74. The highest BCUT2D eigenvalue weighted by atomic mass is 79.9. The first-order chi connectivity index (χ1) is 7.16. The second-order valence-electron chi connectivity index (χ2n) is 3.91. The first-order valence-electron chi connectivity index (χ1n) is 4.88. The topological polar surface area (TPSA) is 20.2 Å². The van der Waals surface area contributed by atoms with E-state index in [1.54, 1.807) is 15.9 Å². The van der Waals surface area contributed by atoms with Gasteiger partial charge in [0.15, 0.2) is 0 Å². The molecule has 16 heavy (non-hydrogen) atoms. The van der Waals surface area contributed by atoms with Gasteiger partial charge < -0.3 is 5.11 Å². The monoisotopic (exact) mass is 302 g/mol. The van der Waals surface area contributed by atoms with E-state index in [0.29, 0.717) is 12.8 Å². The highest BCUT2D eigenvalue weighted by Gasteiger charge is 2.53. The molecule has 0 aromatic heterocycles. The zero-order chi connectivity index (χ0) is 12.4. The van der Waals surface area contributed by atoms with E-state index in [0.717, 1.165) is 6.42 Å². The van der Waals surface area contributed by atoms with Gasteiger partial charge in [0.2, 0.25) is 0 Å². The van der Waals surface area contributed by atoms with Gasteiger partial charge in [0.1, 0.15) is 5.60 Å². The van der Waals surface area contributed by atoms with Gasteiger partial charge in [-0.2, -0.15) is 17.6 Å². The van der Waals surface area contributed by atoms with Crippen LogP contribution in [0.25, 0.3) is 0 Å². The molecule has 92 valence electrons. The second kappa shape index (κ2) is 4.53. The molecule has 1 N–H and O–H groups in total. The molecule has 0 bridgehead atoms. The average Bonchev–Trinajstić information content (AvgIpc) is 2.15. The van der Waals surface area contributed by atoms with Crippen LogP contribution >= 0.6 is 15.9 Å². The summed E-state index contributed by atoms with van der Waals surface area (Å²) in [7, 11) is 0. The standard InChI is InChI=1S/C10H11BrF4O/c11-10(14,15)9(12,13)7-6-8(16)4-2-1-3-5-8/h16H,1-5H2. The summed E-state index contributed by atoms with van der Waals surface area (Å²) in [5.74, 6) is -1.40. The summed E-state index contributed by atoms with van der Waals surface area (Å²) in [5.41, 5.74) is -1.54. The van der Waals surface area contributed by atoms with Crippen molar-refractivity contribution in [3.63, 3.8) is 0 Å². The molecule has 0 aromatic rings. The third-order valence-corrected chi connectivity index (χ3v) is 2.99. The van der Waals surface area contributed by atoms with Crippen molar-refractivity contribution < 1.29 is 22.7 Å². The summed E-state index contributed by atoms with van der Waals surface area (Å²) < 4.78 is 50.3. The van der Waals surface area contributed by atoms with E-state index < -0.39 is 16.4 Å². The Labute approximate surface area is 99.3 Å². The number of alkyl halides is 5. The predicted octanol–water partition coefficient (Wildman–Crippen LogP) is 3.31. The lowest BCUT2D eigenvalue weighted by molar-refractivity contribution is -0.104. The number of hydrogen-bond acceptors (Lipinski definition) is 1.